The van der Waals surface area contributed by atoms with Crippen LogP contribution in [0.15, 0.2) is 4.99 Å². The summed E-state index contributed by atoms with van der Waals surface area (Å²) in [5.41, 5.74) is 2.43. The van der Waals surface area contributed by atoms with Gasteiger partial charge >= 0.3 is 0 Å². The number of nitrogens with one attached hydrogen (secondary N) is 3. The smallest absolute Gasteiger partial charge is 0.244 e. The van der Waals surface area contributed by atoms with E-state index in [4.69, 9.17) is 10.6 Å². The van der Waals surface area contributed by atoms with Gasteiger partial charge in [-0.2, -0.15) is 0 Å². The predicted octanol–water partition coefficient (Wildman–Crippen LogP) is -0.657. The van der Waals surface area contributed by atoms with E-state index in [0.717, 1.165) is 0 Å². The van der Waals surface area contributed by atoms with Crippen molar-refractivity contribution in [2.75, 3.05) is 13.7 Å². The fraction of sp³-hybridized carbons (Fsp3) is 0.818. The summed E-state index contributed by atoms with van der Waals surface area (Å²) >= 11 is 0. The Morgan fingerprint density at radius 1 is 1.28 bits per heavy atom. The van der Waals surface area contributed by atoms with E-state index in [9.17, 15) is 4.79 Å². The highest BCUT2D eigenvalue weighted by atomic mass is 16.5. The Morgan fingerprint density at radius 3 is 2.33 bits per heavy atom. The van der Waals surface area contributed by atoms with Crippen LogP contribution in [0, 0.1) is 0 Å². The molecule has 18 heavy (non-hydrogen) atoms. The number of hydrogen-bond acceptors (Lipinski definition) is 4. The number of ether oxygens (including phenoxy) is 1. The molecule has 0 spiro atoms. The molecule has 0 radical (unpaired) electrons. The first-order valence-electron chi connectivity index (χ1n) is 6.01. The summed E-state index contributed by atoms with van der Waals surface area (Å²) in [5.74, 6) is 5.58. The molecule has 0 fully saturated rings. The molecular formula is C11H25N5O2. The second-order valence-electron chi connectivity index (χ2n) is 4.46. The third kappa shape index (κ3) is 7.08. The number of carbonyl (C=O) groups is 1. The molecule has 0 aliphatic heterocycles. The van der Waals surface area contributed by atoms with Gasteiger partial charge in [-0.25, -0.2) is 10.8 Å². The van der Waals surface area contributed by atoms with Gasteiger partial charge in [0.05, 0.1) is 6.61 Å². The van der Waals surface area contributed by atoms with Gasteiger partial charge < -0.3 is 15.4 Å². The molecule has 5 N–H and O–H groups in total. The van der Waals surface area contributed by atoms with Crippen molar-refractivity contribution in [2.24, 2.45) is 10.8 Å². The van der Waals surface area contributed by atoms with Gasteiger partial charge in [0.2, 0.25) is 11.9 Å². The largest absolute Gasteiger partial charge is 0.383 e. The third-order valence-corrected chi connectivity index (χ3v) is 2.07. The van der Waals surface area contributed by atoms with Gasteiger partial charge in [-0.3, -0.25) is 10.2 Å². The van der Waals surface area contributed by atoms with Gasteiger partial charge in [0.15, 0.2) is 0 Å². The number of rotatable bonds is 6. The Morgan fingerprint density at radius 2 is 1.89 bits per heavy atom. The number of methoxy groups -OCH3 is 1. The van der Waals surface area contributed by atoms with Crippen LogP contribution in [0.4, 0.5) is 0 Å². The van der Waals surface area contributed by atoms with Gasteiger partial charge in [0.25, 0.3) is 0 Å². The Kier molecular flexibility index (Phi) is 8.06. The summed E-state index contributed by atoms with van der Waals surface area (Å²) in [6.45, 7) is 7.95. The van der Waals surface area contributed by atoms with E-state index >= 15 is 0 Å². The molecule has 0 bridgehead atoms. The lowest BCUT2D eigenvalue weighted by atomic mass is 10.3. The molecule has 106 valence electrons. The lowest BCUT2D eigenvalue weighted by molar-refractivity contribution is -0.122. The molecule has 7 nitrogen and oxygen atoms in total. The normalized spacial score (nSPS) is 15.2. The van der Waals surface area contributed by atoms with E-state index in [2.05, 4.69) is 21.1 Å². The average Bonchev–Trinajstić information content (AvgIpc) is 2.27. The number of nitrogens with zero attached hydrogens (tertiary/aromatic N) is 1. The number of aliphatic imine (C=N–C) groups is 1. The van der Waals surface area contributed by atoms with E-state index < -0.39 is 6.04 Å². The van der Waals surface area contributed by atoms with Crippen LogP contribution in [-0.4, -0.2) is 43.7 Å². The van der Waals surface area contributed by atoms with Gasteiger partial charge in [0, 0.05) is 19.2 Å². The van der Waals surface area contributed by atoms with Crippen molar-refractivity contribution >= 4 is 11.9 Å². The van der Waals surface area contributed by atoms with Crippen molar-refractivity contribution in [2.45, 2.75) is 45.8 Å². The first-order chi connectivity index (χ1) is 8.40. The fourth-order valence-corrected chi connectivity index (χ4v) is 1.30. The maximum atomic E-state index is 11.7. The Labute approximate surface area is 109 Å². The van der Waals surface area contributed by atoms with Crippen LogP contribution < -0.4 is 21.9 Å². The monoisotopic (exact) mass is 259 g/mol. The van der Waals surface area contributed by atoms with Crippen LogP contribution in [0.1, 0.15) is 27.7 Å². The maximum Gasteiger partial charge on any atom is 0.244 e. The fourth-order valence-electron chi connectivity index (χ4n) is 1.30. The van der Waals surface area contributed by atoms with E-state index in [-0.39, 0.29) is 18.0 Å². The molecule has 0 aliphatic carbocycles. The number of carbonyl (C=O) groups excluding carboxylic acids is 1. The lowest BCUT2D eigenvalue weighted by Gasteiger charge is -2.17. The zero-order valence-electron chi connectivity index (χ0n) is 11.8. The molecule has 2 unspecified atom stereocenters. The van der Waals surface area contributed by atoms with Crippen molar-refractivity contribution in [1.82, 2.24) is 16.1 Å². The van der Waals surface area contributed by atoms with E-state index in [0.29, 0.717) is 12.6 Å². The van der Waals surface area contributed by atoms with Crippen LogP contribution in [0.3, 0.4) is 0 Å². The van der Waals surface area contributed by atoms with Gasteiger partial charge in [-0.1, -0.05) is 0 Å². The summed E-state index contributed by atoms with van der Waals surface area (Å²) in [6, 6.07) is -0.379. The Bertz CT molecular complexity index is 281. The Hall–Kier alpha value is -1.34. The van der Waals surface area contributed by atoms with Gasteiger partial charge in [-0.05, 0) is 27.7 Å². The van der Waals surface area contributed by atoms with Crippen LogP contribution in [0.25, 0.3) is 0 Å². The summed E-state index contributed by atoms with van der Waals surface area (Å²) in [6.07, 6.45) is 0. The van der Waals surface area contributed by atoms with Crippen molar-refractivity contribution in [1.29, 1.82) is 0 Å². The molecule has 0 aliphatic rings. The molecule has 0 aromatic heterocycles. The number of nitrogens with two attached hydrogens (primary N) is 1. The molecule has 0 aromatic carbocycles. The topological polar surface area (TPSA) is 101 Å². The minimum absolute atomic E-state index is 0.0464. The zero-order valence-corrected chi connectivity index (χ0v) is 11.8. The van der Waals surface area contributed by atoms with Crippen molar-refractivity contribution in [3.05, 3.63) is 0 Å². The standard InChI is InChI=1S/C11H25N5O2/c1-7(2)13-10(17)9(4)15-11(16-12)14-8(3)6-18-5/h7-9H,6,12H2,1-5H3,(H,13,17)(H2,14,15,16). The first kappa shape index (κ1) is 16.7. The molecule has 0 heterocycles. The molecule has 0 saturated carbocycles. The second kappa shape index (κ2) is 8.71. The highest BCUT2D eigenvalue weighted by Crippen LogP contribution is 1.92. The molecular weight excluding hydrogens is 234 g/mol. The van der Waals surface area contributed by atoms with Crippen LogP contribution in [-0.2, 0) is 9.53 Å². The predicted molar refractivity (Wildman–Crippen MR) is 72.0 cm³/mol. The summed E-state index contributed by atoms with van der Waals surface area (Å²) < 4.78 is 4.99. The maximum absolute atomic E-state index is 11.7. The second-order valence-corrected chi connectivity index (χ2v) is 4.46. The Balaban J connectivity index is 4.44. The quantitative estimate of drug-likeness (QED) is 0.220. The van der Waals surface area contributed by atoms with Gasteiger partial charge in [0.1, 0.15) is 6.04 Å². The number of hydrazine groups is 1. The van der Waals surface area contributed by atoms with E-state index in [1.165, 1.54) is 0 Å². The number of guanidine groups is 1. The molecule has 0 aromatic rings. The zero-order chi connectivity index (χ0) is 14.1. The summed E-state index contributed by atoms with van der Waals surface area (Å²) in [4.78, 5) is 15.8. The molecule has 7 heteroatoms. The summed E-state index contributed by atoms with van der Waals surface area (Å²) in [7, 11) is 1.61. The van der Waals surface area contributed by atoms with Crippen molar-refractivity contribution < 1.29 is 9.53 Å². The average molecular weight is 259 g/mol. The van der Waals surface area contributed by atoms with Crippen LogP contribution >= 0.6 is 0 Å². The van der Waals surface area contributed by atoms with Crippen molar-refractivity contribution in [3.8, 4) is 0 Å². The third-order valence-electron chi connectivity index (χ3n) is 2.07. The highest BCUT2D eigenvalue weighted by molar-refractivity contribution is 5.87. The minimum atomic E-state index is -0.513. The molecule has 0 rings (SSSR count). The number of hydrogen-bond donors (Lipinski definition) is 4. The van der Waals surface area contributed by atoms with Crippen LogP contribution in [0.2, 0.25) is 0 Å². The highest BCUT2D eigenvalue weighted by Gasteiger charge is 2.14. The molecule has 2 atom stereocenters. The minimum Gasteiger partial charge on any atom is -0.383 e. The van der Waals surface area contributed by atoms with Gasteiger partial charge in [-0.15, -0.1) is 0 Å². The van der Waals surface area contributed by atoms with E-state index in [1.54, 1.807) is 14.0 Å². The molecule has 1 amide bonds. The van der Waals surface area contributed by atoms with E-state index in [1.807, 2.05) is 20.8 Å². The van der Waals surface area contributed by atoms with Crippen LogP contribution in [0.5, 0.6) is 0 Å². The first-order valence-corrected chi connectivity index (χ1v) is 6.01. The number of amides is 1. The molecule has 0 saturated heterocycles. The SMILES string of the molecule is COCC(C)NC(=NC(C)C(=O)NC(C)C)NN. The van der Waals surface area contributed by atoms with Crippen molar-refractivity contribution in [3.63, 3.8) is 0 Å². The lowest BCUT2D eigenvalue weighted by Crippen LogP contribution is -2.48. The summed E-state index contributed by atoms with van der Waals surface area (Å²) in [5, 5.41) is 5.80.